The van der Waals surface area contributed by atoms with Crippen molar-refractivity contribution < 1.29 is 13.2 Å². The van der Waals surface area contributed by atoms with E-state index < -0.39 is 15.6 Å². The molecule has 0 radical (unpaired) electrons. The number of fused-ring (bicyclic) bond motifs is 1. The molecule has 1 aliphatic heterocycles. The molecule has 4 rings (SSSR count). The minimum Gasteiger partial charge on any atom is -0.383 e. The molecular formula is C24H27N7O3S. The summed E-state index contributed by atoms with van der Waals surface area (Å²) in [4.78, 5) is 22.5. The van der Waals surface area contributed by atoms with Crippen LogP contribution in [0.5, 0.6) is 0 Å². The molecule has 1 aliphatic rings. The van der Waals surface area contributed by atoms with Gasteiger partial charge in [0.15, 0.2) is 5.65 Å². The maximum Gasteiger partial charge on any atom is 0.246 e. The SMILES string of the molecule is C=CC(=O)N1CCC[C@@H](n2nc(C#CC(C)(C)NS(=O)(=O)c3ccccc3)c3c(N)ncnc32)C1. The zero-order valence-electron chi connectivity index (χ0n) is 19.6. The third-order valence-corrected chi connectivity index (χ3v) is 7.36. The average molecular weight is 494 g/mol. The van der Waals surface area contributed by atoms with Gasteiger partial charge >= 0.3 is 0 Å². The lowest BCUT2D eigenvalue weighted by Crippen LogP contribution is -2.42. The highest BCUT2D eigenvalue weighted by atomic mass is 32.2. The molecule has 1 amide bonds. The van der Waals surface area contributed by atoms with E-state index in [1.54, 1.807) is 41.6 Å². The predicted octanol–water partition coefficient (Wildman–Crippen LogP) is 1.87. The van der Waals surface area contributed by atoms with Crippen LogP contribution in [0.25, 0.3) is 11.0 Å². The number of sulfonamides is 1. The van der Waals surface area contributed by atoms with Gasteiger partial charge in [-0.1, -0.05) is 30.7 Å². The Bertz CT molecular complexity index is 1440. The van der Waals surface area contributed by atoms with Gasteiger partial charge in [-0.25, -0.2) is 23.1 Å². The summed E-state index contributed by atoms with van der Waals surface area (Å²) in [6.07, 6.45) is 4.28. The number of nitrogens with two attached hydrogens (primary N) is 1. The highest BCUT2D eigenvalue weighted by Gasteiger charge is 2.28. The number of aromatic nitrogens is 4. The molecule has 3 aromatic rings. The van der Waals surface area contributed by atoms with Crippen LogP contribution in [0, 0.1) is 11.8 Å². The molecule has 0 saturated carbocycles. The van der Waals surface area contributed by atoms with E-state index in [0.29, 0.717) is 29.8 Å². The van der Waals surface area contributed by atoms with Crippen LogP contribution in [-0.2, 0) is 14.8 Å². The second-order valence-electron chi connectivity index (χ2n) is 8.83. The standard InChI is InChI=1S/C24H27N7O3S/c1-4-20(32)30-14-8-9-17(15-30)31-23-21(22(25)26-16-27-23)19(28-31)12-13-24(2,3)29-35(33,34)18-10-6-5-7-11-18/h4-7,10-11,16-17,29H,1,8-9,14-15H2,2-3H3,(H2,25,26,27)/t17-/m1/s1. The van der Waals surface area contributed by atoms with E-state index in [1.165, 1.54) is 24.5 Å². The summed E-state index contributed by atoms with van der Waals surface area (Å²) >= 11 is 0. The number of nitrogens with one attached hydrogen (secondary N) is 1. The monoisotopic (exact) mass is 493 g/mol. The lowest BCUT2D eigenvalue weighted by Gasteiger charge is -2.32. The molecule has 10 nitrogen and oxygen atoms in total. The summed E-state index contributed by atoms with van der Waals surface area (Å²) in [6, 6.07) is 7.97. The molecule has 11 heteroatoms. The van der Waals surface area contributed by atoms with E-state index in [-0.39, 0.29) is 22.7 Å². The van der Waals surface area contributed by atoms with Gasteiger partial charge in [-0.2, -0.15) is 9.82 Å². The normalized spacial score (nSPS) is 16.5. The van der Waals surface area contributed by atoms with E-state index >= 15 is 0 Å². The molecule has 3 N–H and O–H groups in total. The molecule has 182 valence electrons. The highest BCUT2D eigenvalue weighted by Crippen LogP contribution is 2.28. The molecule has 1 atom stereocenters. The fourth-order valence-corrected chi connectivity index (χ4v) is 5.41. The Kier molecular flexibility index (Phi) is 6.60. The molecule has 1 aromatic carbocycles. The fourth-order valence-electron chi connectivity index (χ4n) is 4.06. The van der Waals surface area contributed by atoms with Gasteiger partial charge in [0, 0.05) is 13.1 Å². The molecule has 35 heavy (non-hydrogen) atoms. The van der Waals surface area contributed by atoms with Crippen LogP contribution in [0.15, 0.2) is 54.2 Å². The molecule has 0 spiro atoms. The Morgan fingerprint density at radius 1 is 1.29 bits per heavy atom. The van der Waals surface area contributed by atoms with Crippen LogP contribution < -0.4 is 10.5 Å². The van der Waals surface area contributed by atoms with Crippen LogP contribution in [0.3, 0.4) is 0 Å². The van der Waals surface area contributed by atoms with Crippen LogP contribution in [0.4, 0.5) is 5.82 Å². The second-order valence-corrected chi connectivity index (χ2v) is 10.5. The van der Waals surface area contributed by atoms with Gasteiger partial charge in [-0.3, -0.25) is 4.79 Å². The summed E-state index contributed by atoms with van der Waals surface area (Å²) < 4.78 is 29.9. The number of piperidine rings is 1. The third-order valence-electron chi connectivity index (χ3n) is 5.68. The second kappa shape index (κ2) is 9.48. The Morgan fingerprint density at radius 3 is 2.74 bits per heavy atom. The van der Waals surface area contributed by atoms with Gasteiger partial charge in [0.1, 0.15) is 17.8 Å². The quantitative estimate of drug-likeness (QED) is 0.409. The number of nitrogens with zero attached hydrogens (tertiary/aromatic N) is 5. The molecule has 0 bridgehead atoms. The number of carbonyl (C=O) groups is 1. The van der Waals surface area contributed by atoms with Crippen LogP contribution in [-0.4, -0.2) is 57.6 Å². The number of benzene rings is 1. The first-order valence-corrected chi connectivity index (χ1v) is 12.6. The van der Waals surface area contributed by atoms with Crippen molar-refractivity contribution in [2.75, 3.05) is 18.8 Å². The zero-order valence-corrected chi connectivity index (χ0v) is 20.4. The number of amides is 1. The first kappa shape index (κ1) is 24.4. The van der Waals surface area contributed by atoms with Crippen molar-refractivity contribution in [3.8, 4) is 11.8 Å². The van der Waals surface area contributed by atoms with Crippen molar-refractivity contribution in [3.05, 3.63) is 55.0 Å². The summed E-state index contributed by atoms with van der Waals surface area (Å²) in [5.41, 5.74) is 5.91. The number of rotatable bonds is 5. The first-order valence-electron chi connectivity index (χ1n) is 11.1. The lowest BCUT2D eigenvalue weighted by atomic mass is 10.1. The van der Waals surface area contributed by atoms with E-state index in [9.17, 15) is 13.2 Å². The van der Waals surface area contributed by atoms with Crippen molar-refractivity contribution in [2.45, 2.75) is 43.2 Å². The highest BCUT2D eigenvalue weighted by molar-refractivity contribution is 7.89. The van der Waals surface area contributed by atoms with Crippen LogP contribution in [0.2, 0.25) is 0 Å². The van der Waals surface area contributed by atoms with Crippen LogP contribution in [0.1, 0.15) is 38.4 Å². The summed E-state index contributed by atoms with van der Waals surface area (Å²) in [6.45, 7) is 8.02. The average Bonchev–Trinajstić information content (AvgIpc) is 3.22. The Morgan fingerprint density at radius 2 is 2.03 bits per heavy atom. The maximum atomic E-state index is 12.8. The number of nitrogen functional groups attached to an aromatic ring is 1. The molecule has 2 aromatic heterocycles. The fraction of sp³-hybridized carbons (Fsp3) is 0.333. The summed E-state index contributed by atoms with van der Waals surface area (Å²) in [7, 11) is -3.77. The van der Waals surface area contributed by atoms with E-state index in [2.05, 4.69) is 38.2 Å². The topological polar surface area (TPSA) is 136 Å². The number of anilines is 1. The Hall–Kier alpha value is -3.75. The Balaban J connectivity index is 1.68. The van der Waals surface area contributed by atoms with Gasteiger partial charge in [0.05, 0.1) is 21.9 Å². The minimum atomic E-state index is -3.77. The number of likely N-dealkylation sites (tertiary alicyclic amines) is 1. The van der Waals surface area contributed by atoms with Crippen molar-refractivity contribution in [1.29, 1.82) is 0 Å². The van der Waals surface area contributed by atoms with Gasteiger partial charge in [0.25, 0.3) is 0 Å². The van der Waals surface area contributed by atoms with E-state index in [1.807, 2.05) is 0 Å². The van der Waals surface area contributed by atoms with Gasteiger partial charge in [-0.15, -0.1) is 0 Å². The van der Waals surface area contributed by atoms with Crippen molar-refractivity contribution >= 4 is 32.8 Å². The van der Waals surface area contributed by atoms with Crippen molar-refractivity contribution in [1.82, 2.24) is 29.4 Å². The first-order chi connectivity index (χ1) is 16.6. The molecular weight excluding hydrogens is 466 g/mol. The van der Waals surface area contributed by atoms with Crippen molar-refractivity contribution in [2.24, 2.45) is 0 Å². The number of hydrogen-bond acceptors (Lipinski definition) is 7. The van der Waals surface area contributed by atoms with Gasteiger partial charge in [-0.05, 0) is 50.8 Å². The zero-order chi connectivity index (χ0) is 25.2. The third kappa shape index (κ3) is 5.18. The molecule has 0 aliphatic carbocycles. The molecule has 1 fully saturated rings. The summed E-state index contributed by atoms with van der Waals surface area (Å²) in [5, 5.41) is 5.17. The van der Waals surface area contributed by atoms with Gasteiger partial charge in [0.2, 0.25) is 15.9 Å². The van der Waals surface area contributed by atoms with Crippen molar-refractivity contribution in [3.63, 3.8) is 0 Å². The van der Waals surface area contributed by atoms with Crippen LogP contribution >= 0.6 is 0 Å². The lowest BCUT2D eigenvalue weighted by molar-refractivity contribution is -0.127. The minimum absolute atomic E-state index is 0.121. The Labute approximate surface area is 204 Å². The smallest absolute Gasteiger partial charge is 0.246 e. The molecule has 1 saturated heterocycles. The molecule has 0 unspecified atom stereocenters. The largest absolute Gasteiger partial charge is 0.383 e. The molecule has 3 heterocycles. The van der Waals surface area contributed by atoms with E-state index in [4.69, 9.17) is 5.73 Å². The van der Waals surface area contributed by atoms with Gasteiger partial charge < -0.3 is 10.6 Å². The number of hydrogen-bond donors (Lipinski definition) is 2. The van der Waals surface area contributed by atoms with E-state index in [0.717, 1.165) is 12.8 Å². The maximum absolute atomic E-state index is 12.8. The number of carbonyl (C=O) groups excluding carboxylic acids is 1. The summed E-state index contributed by atoms with van der Waals surface area (Å²) in [5.74, 6) is 6.04. The predicted molar refractivity (Wildman–Crippen MR) is 133 cm³/mol.